The molecule has 11 heavy (non-hydrogen) atoms. The fourth-order valence-electron chi connectivity index (χ4n) is 2.29. The first-order chi connectivity index (χ1) is 5.20. The summed E-state index contributed by atoms with van der Waals surface area (Å²) in [6.07, 6.45) is 5.56. The predicted molar refractivity (Wildman–Crippen MR) is 56.0 cm³/mol. The van der Waals surface area contributed by atoms with Crippen molar-refractivity contribution < 1.29 is 0 Å². The molecule has 1 nitrogen and oxygen atoms in total. The van der Waals surface area contributed by atoms with Gasteiger partial charge in [-0.2, -0.15) is 0 Å². The fraction of sp³-hybridized carbons (Fsp3) is 1.00. The van der Waals surface area contributed by atoms with Crippen LogP contribution in [-0.4, -0.2) is 29.8 Å². The molecule has 60 valence electrons. The predicted octanol–water partition coefficient (Wildman–Crippen LogP) is 1.75. The number of alkyl halides is 1. The minimum atomic E-state index is 0.724. The number of hydrogen-bond donors (Lipinski definition) is 0. The molecule has 1 aliphatic carbocycles. The summed E-state index contributed by atoms with van der Waals surface area (Å²) in [6, 6.07) is 0. The van der Waals surface area contributed by atoms with E-state index in [1.807, 2.05) is 4.81 Å². The number of halogens is 1. The summed E-state index contributed by atoms with van der Waals surface area (Å²) in [5.41, 5.74) is 0.724. The molecule has 0 aromatic rings. The molecule has 1 saturated carbocycles. The normalized spacial score (nSPS) is 32.1. The van der Waals surface area contributed by atoms with Crippen molar-refractivity contribution in [1.29, 1.82) is 0 Å². The van der Waals surface area contributed by atoms with Crippen molar-refractivity contribution >= 4 is 30.6 Å². The topological polar surface area (TPSA) is 3.24 Å². The summed E-state index contributed by atoms with van der Waals surface area (Å²) in [6.45, 7) is 2.23. The third-order valence-electron chi connectivity index (χ3n) is 3.17. The molecule has 2 aliphatic rings. The zero-order chi connectivity index (χ0) is 7.90. The van der Waals surface area contributed by atoms with E-state index in [1.165, 1.54) is 25.7 Å². The number of hydrogen-bond acceptors (Lipinski definition) is 1. The van der Waals surface area contributed by atoms with Gasteiger partial charge in [-0.15, -0.1) is 0 Å². The van der Waals surface area contributed by atoms with Gasteiger partial charge in [0.05, 0.1) is 0 Å². The molecule has 3 heteroatoms. The molecule has 0 aromatic heterocycles. The van der Waals surface area contributed by atoms with E-state index in [-0.39, 0.29) is 0 Å². The minimum absolute atomic E-state index is 0.724. The van der Waals surface area contributed by atoms with Crippen LogP contribution in [0.1, 0.15) is 25.7 Å². The Morgan fingerprint density at radius 1 is 1.27 bits per heavy atom. The molecule has 2 rings (SSSR count). The van der Waals surface area contributed by atoms with Gasteiger partial charge in [0.2, 0.25) is 0 Å². The SMILES string of the molecule is [B]N1CCC2(CC1)CC(I)C2. The van der Waals surface area contributed by atoms with Crippen molar-refractivity contribution in [3.63, 3.8) is 0 Å². The second-order valence-electron chi connectivity index (χ2n) is 4.04. The van der Waals surface area contributed by atoms with Crippen molar-refractivity contribution in [2.75, 3.05) is 13.1 Å². The summed E-state index contributed by atoms with van der Waals surface area (Å²) in [5.74, 6) is 0. The van der Waals surface area contributed by atoms with E-state index >= 15 is 0 Å². The molecule has 0 atom stereocenters. The molecule has 0 N–H and O–H groups in total. The Bertz CT molecular complexity index is 146. The number of piperidine rings is 1. The highest BCUT2D eigenvalue weighted by Gasteiger charge is 2.43. The van der Waals surface area contributed by atoms with Crippen LogP contribution in [0.3, 0.4) is 0 Å². The first kappa shape index (κ1) is 8.36. The Labute approximate surface area is 83.5 Å². The fourth-order valence-corrected chi connectivity index (χ4v) is 4.15. The van der Waals surface area contributed by atoms with E-state index < -0.39 is 0 Å². The summed E-state index contributed by atoms with van der Waals surface area (Å²) < 4.78 is 0.955. The van der Waals surface area contributed by atoms with Gasteiger partial charge in [0, 0.05) is 3.92 Å². The second-order valence-corrected chi connectivity index (χ2v) is 5.80. The highest BCUT2D eigenvalue weighted by molar-refractivity contribution is 14.1. The van der Waals surface area contributed by atoms with Gasteiger partial charge < -0.3 is 4.81 Å². The van der Waals surface area contributed by atoms with E-state index in [1.54, 1.807) is 0 Å². The summed E-state index contributed by atoms with van der Waals surface area (Å²) in [4.78, 5) is 1.96. The van der Waals surface area contributed by atoms with Gasteiger partial charge in [-0.1, -0.05) is 22.6 Å². The van der Waals surface area contributed by atoms with Gasteiger partial charge in [0.1, 0.15) is 0 Å². The third-order valence-corrected chi connectivity index (χ3v) is 4.05. The molecule has 2 fully saturated rings. The molecule has 0 aromatic carbocycles. The standard InChI is InChI=1S/C8H13BIN/c9-11-3-1-8(2-4-11)5-7(10)6-8/h7H,1-6H2. The molecular formula is C8H13BIN. The average Bonchev–Trinajstić information content (AvgIpc) is 1.92. The Hall–Kier alpha value is 0.755. The van der Waals surface area contributed by atoms with E-state index in [2.05, 4.69) is 22.6 Å². The largest absolute Gasteiger partial charge is 0.353 e. The van der Waals surface area contributed by atoms with Crippen LogP contribution in [0.25, 0.3) is 0 Å². The Balaban J connectivity index is 1.88. The van der Waals surface area contributed by atoms with Crippen molar-refractivity contribution in [3.05, 3.63) is 0 Å². The maximum Gasteiger partial charge on any atom is 0.182 e. The first-order valence-corrected chi connectivity index (χ1v) is 5.59. The molecule has 0 amide bonds. The number of nitrogens with zero attached hydrogens (tertiary/aromatic N) is 1. The Kier molecular flexibility index (Phi) is 2.21. The van der Waals surface area contributed by atoms with E-state index in [0.29, 0.717) is 0 Å². The minimum Gasteiger partial charge on any atom is -0.353 e. The molecule has 1 heterocycles. The molecule has 1 aliphatic heterocycles. The van der Waals surface area contributed by atoms with Gasteiger partial charge in [-0.25, -0.2) is 0 Å². The van der Waals surface area contributed by atoms with Gasteiger partial charge in [-0.3, -0.25) is 0 Å². The Morgan fingerprint density at radius 3 is 2.27 bits per heavy atom. The van der Waals surface area contributed by atoms with Crippen LogP contribution >= 0.6 is 22.6 Å². The second kappa shape index (κ2) is 2.91. The molecule has 1 spiro atoms. The van der Waals surface area contributed by atoms with Crippen molar-refractivity contribution in [3.8, 4) is 0 Å². The molecule has 1 saturated heterocycles. The van der Waals surface area contributed by atoms with Gasteiger partial charge in [0.25, 0.3) is 0 Å². The van der Waals surface area contributed by atoms with Crippen LogP contribution in [0.2, 0.25) is 0 Å². The lowest BCUT2D eigenvalue weighted by atomic mass is 9.63. The summed E-state index contributed by atoms with van der Waals surface area (Å²) in [7, 11) is 5.70. The van der Waals surface area contributed by atoms with Crippen LogP contribution in [0.5, 0.6) is 0 Å². The van der Waals surface area contributed by atoms with E-state index in [9.17, 15) is 0 Å². The lowest BCUT2D eigenvalue weighted by molar-refractivity contribution is 0.0728. The lowest BCUT2D eigenvalue weighted by Gasteiger charge is -2.50. The highest BCUT2D eigenvalue weighted by atomic mass is 127. The molecular weight excluding hydrogens is 248 g/mol. The van der Waals surface area contributed by atoms with Crippen molar-refractivity contribution in [2.24, 2.45) is 5.41 Å². The van der Waals surface area contributed by atoms with Crippen LogP contribution < -0.4 is 0 Å². The van der Waals surface area contributed by atoms with E-state index in [0.717, 1.165) is 22.4 Å². The summed E-state index contributed by atoms with van der Waals surface area (Å²) in [5, 5.41) is 0. The Morgan fingerprint density at radius 2 is 1.82 bits per heavy atom. The van der Waals surface area contributed by atoms with Gasteiger partial charge >= 0.3 is 0 Å². The monoisotopic (exact) mass is 261 g/mol. The van der Waals surface area contributed by atoms with E-state index in [4.69, 9.17) is 7.98 Å². The van der Waals surface area contributed by atoms with Crippen molar-refractivity contribution in [1.82, 2.24) is 4.81 Å². The van der Waals surface area contributed by atoms with Crippen molar-refractivity contribution in [2.45, 2.75) is 29.6 Å². The zero-order valence-electron chi connectivity index (χ0n) is 6.72. The number of rotatable bonds is 0. The maximum atomic E-state index is 5.70. The smallest absolute Gasteiger partial charge is 0.182 e. The van der Waals surface area contributed by atoms with Crippen LogP contribution in [0.15, 0.2) is 0 Å². The zero-order valence-corrected chi connectivity index (χ0v) is 8.88. The summed E-state index contributed by atoms with van der Waals surface area (Å²) >= 11 is 2.57. The van der Waals surface area contributed by atoms with Gasteiger partial charge in [-0.05, 0) is 44.2 Å². The average molecular weight is 261 g/mol. The third kappa shape index (κ3) is 1.59. The molecule has 0 bridgehead atoms. The molecule has 0 unspecified atom stereocenters. The molecule has 2 radical (unpaired) electrons. The quantitative estimate of drug-likeness (QED) is 0.365. The lowest BCUT2D eigenvalue weighted by Crippen LogP contribution is -2.46. The first-order valence-electron chi connectivity index (χ1n) is 4.34. The highest BCUT2D eigenvalue weighted by Crippen LogP contribution is 2.51. The maximum absolute atomic E-state index is 5.70. The van der Waals surface area contributed by atoms with Crippen LogP contribution in [-0.2, 0) is 0 Å². The van der Waals surface area contributed by atoms with Crippen LogP contribution in [0.4, 0.5) is 0 Å². The van der Waals surface area contributed by atoms with Crippen LogP contribution in [0, 0.1) is 5.41 Å². The van der Waals surface area contributed by atoms with Gasteiger partial charge in [0.15, 0.2) is 7.98 Å².